The highest BCUT2D eigenvalue weighted by atomic mass is 35.5. The van der Waals surface area contributed by atoms with Gasteiger partial charge in [-0.05, 0) is 6.07 Å². The van der Waals surface area contributed by atoms with Gasteiger partial charge >= 0.3 is 0 Å². The Hall–Kier alpha value is -0.630. The van der Waals surface area contributed by atoms with E-state index in [0.717, 1.165) is 11.4 Å². The molecule has 0 saturated heterocycles. The van der Waals surface area contributed by atoms with Crippen molar-refractivity contribution in [1.29, 1.82) is 0 Å². The van der Waals surface area contributed by atoms with Gasteiger partial charge in [-0.25, -0.2) is 0 Å². The summed E-state index contributed by atoms with van der Waals surface area (Å²) in [6.07, 6.45) is 1.62. The summed E-state index contributed by atoms with van der Waals surface area (Å²) in [5, 5.41) is 0. The second-order valence-electron chi connectivity index (χ2n) is 2.39. The Morgan fingerprint density at radius 1 is 1.50 bits per heavy atom. The Kier molecular flexibility index (Phi) is 3.30. The first-order valence-corrected chi connectivity index (χ1v) is 3.04. The van der Waals surface area contributed by atoms with E-state index in [-0.39, 0.29) is 12.4 Å². The quantitative estimate of drug-likeness (QED) is 0.687. The van der Waals surface area contributed by atoms with Crippen LogP contribution >= 0.6 is 12.4 Å². The van der Waals surface area contributed by atoms with E-state index in [0.29, 0.717) is 5.92 Å². The highest BCUT2D eigenvalue weighted by Crippen LogP contribution is 2.21. The van der Waals surface area contributed by atoms with Gasteiger partial charge in [0.1, 0.15) is 5.76 Å². The molecule has 0 fully saturated rings. The van der Waals surface area contributed by atoms with Gasteiger partial charge in [0.25, 0.3) is 0 Å². The maximum Gasteiger partial charge on any atom is 0.129 e. The van der Waals surface area contributed by atoms with Gasteiger partial charge in [0, 0.05) is 5.92 Å². The van der Waals surface area contributed by atoms with Crippen molar-refractivity contribution < 1.29 is 4.42 Å². The molecule has 0 aliphatic heterocycles. The average molecular weight is 162 g/mol. The fourth-order valence-corrected chi connectivity index (χ4v) is 0.800. The van der Waals surface area contributed by atoms with E-state index in [1.165, 1.54) is 0 Å². The molecule has 2 N–H and O–H groups in total. The molecule has 58 valence electrons. The monoisotopic (exact) mass is 161 g/mol. The van der Waals surface area contributed by atoms with Crippen LogP contribution in [0.25, 0.3) is 0 Å². The summed E-state index contributed by atoms with van der Waals surface area (Å²) in [5.41, 5.74) is 6.30. The molecule has 1 aromatic rings. The van der Waals surface area contributed by atoms with Crippen molar-refractivity contribution in [3.63, 3.8) is 0 Å². The fourth-order valence-electron chi connectivity index (χ4n) is 0.800. The van der Waals surface area contributed by atoms with Crippen LogP contribution in [0.3, 0.4) is 0 Å². The molecule has 1 aromatic heterocycles. The number of halogens is 1. The number of nitrogen functional groups attached to an aromatic ring is 1. The summed E-state index contributed by atoms with van der Waals surface area (Å²) in [5.74, 6) is 1.27. The topological polar surface area (TPSA) is 39.2 Å². The van der Waals surface area contributed by atoms with Crippen molar-refractivity contribution in [2.45, 2.75) is 19.8 Å². The lowest BCUT2D eigenvalue weighted by atomic mass is 10.1. The lowest BCUT2D eigenvalue weighted by Gasteiger charge is -1.98. The molecular weight excluding hydrogens is 150 g/mol. The van der Waals surface area contributed by atoms with Gasteiger partial charge in [-0.1, -0.05) is 13.8 Å². The Balaban J connectivity index is 0.000000810. The fraction of sp³-hybridized carbons (Fsp3) is 0.429. The van der Waals surface area contributed by atoms with Crippen molar-refractivity contribution in [2.24, 2.45) is 0 Å². The van der Waals surface area contributed by atoms with Crippen molar-refractivity contribution in [3.05, 3.63) is 18.1 Å². The molecule has 0 aromatic carbocycles. The summed E-state index contributed by atoms with van der Waals surface area (Å²) < 4.78 is 5.10. The minimum atomic E-state index is 0. The Morgan fingerprint density at radius 2 is 2.10 bits per heavy atom. The van der Waals surface area contributed by atoms with Crippen LogP contribution in [0, 0.1) is 0 Å². The zero-order valence-electron chi connectivity index (χ0n) is 6.13. The average Bonchev–Trinajstić information content (AvgIpc) is 2.13. The van der Waals surface area contributed by atoms with Crippen LogP contribution in [-0.2, 0) is 0 Å². The number of rotatable bonds is 1. The van der Waals surface area contributed by atoms with Gasteiger partial charge in [0.2, 0.25) is 0 Å². The van der Waals surface area contributed by atoms with E-state index in [1.54, 1.807) is 12.3 Å². The molecule has 3 heteroatoms. The maximum atomic E-state index is 5.55. The SMILES string of the molecule is CC(C)c1occc1N.Cl. The van der Waals surface area contributed by atoms with E-state index < -0.39 is 0 Å². The second-order valence-corrected chi connectivity index (χ2v) is 2.39. The summed E-state index contributed by atoms with van der Waals surface area (Å²) >= 11 is 0. The van der Waals surface area contributed by atoms with E-state index in [2.05, 4.69) is 13.8 Å². The first-order chi connectivity index (χ1) is 4.22. The highest BCUT2D eigenvalue weighted by Gasteiger charge is 2.05. The molecular formula is C7H12ClNO. The van der Waals surface area contributed by atoms with Gasteiger partial charge in [0.15, 0.2) is 0 Å². The van der Waals surface area contributed by atoms with Gasteiger partial charge in [-0.2, -0.15) is 0 Å². The zero-order valence-corrected chi connectivity index (χ0v) is 6.94. The summed E-state index contributed by atoms with van der Waals surface area (Å²) in [7, 11) is 0. The third kappa shape index (κ3) is 1.67. The third-order valence-electron chi connectivity index (χ3n) is 1.25. The summed E-state index contributed by atoms with van der Waals surface area (Å²) in [6, 6.07) is 1.77. The molecule has 0 atom stereocenters. The molecule has 0 unspecified atom stereocenters. The number of furan rings is 1. The second kappa shape index (κ2) is 3.52. The van der Waals surface area contributed by atoms with E-state index in [1.807, 2.05) is 0 Å². The summed E-state index contributed by atoms with van der Waals surface area (Å²) in [4.78, 5) is 0. The number of hydrogen-bond acceptors (Lipinski definition) is 2. The van der Waals surface area contributed by atoms with Gasteiger partial charge in [-0.3, -0.25) is 0 Å². The van der Waals surface area contributed by atoms with Gasteiger partial charge < -0.3 is 10.2 Å². The van der Waals surface area contributed by atoms with Crippen LogP contribution in [0.2, 0.25) is 0 Å². The highest BCUT2D eigenvalue weighted by molar-refractivity contribution is 5.85. The van der Waals surface area contributed by atoms with Crippen molar-refractivity contribution in [3.8, 4) is 0 Å². The largest absolute Gasteiger partial charge is 0.467 e. The lowest BCUT2D eigenvalue weighted by Crippen LogP contribution is -1.90. The normalized spacial score (nSPS) is 9.50. The number of nitrogens with two attached hydrogens (primary N) is 1. The standard InChI is InChI=1S/C7H11NO.ClH/c1-5(2)7-6(8)3-4-9-7;/h3-5H,8H2,1-2H3;1H. The third-order valence-corrected chi connectivity index (χ3v) is 1.25. The van der Waals surface area contributed by atoms with Crippen LogP contribution in [0.1, 0.15) is 25.5 Å². The maximum absolute atomic E-state index is 5.55. The van der Waals surface area contributed by atoms with Crippen LogP contribution in [0.15, 0.2) is 16.7 Å². The van der Waals surface area contributed by atoms with Crippen molar-refractivity contribution >= 4 is 18.1 Å². The molecule has 10 heavy (non-hydrogen) atoms. The first-order valence-electron chi connectivity index (χ1n) is 3.04. The van der Waals surface area contributed by atoms with Crippen LogP contribution in [0.5, 0.6) is 0 Å². The van der Waals surface area contributed by atoms with E-state index in [4.69, 9.17) is 10.2 Å². The van der Waals surface area contributed by atoms with E-state index >= 15 is 0 Å². The first kappa shape index (κ1) is 9.37. The Bertz CT molecular complexity index is 195. The van der Waals surface area contributed by atoms with Crippen LogP contribution in [-0.4, -0.2) is 0 Å². The molecule has 0 amide bonds. The molecule has 1 heterocycles. The molecule has 0 saturated carbocycles. The Labute approximate surface area is 66.8 Å². The minimum Gasteiger partial charge on any atom is -0.467 e. The Morgan fingerprint density at radius 3 is 2.30 bits per heavy atom. The molecule has 0 radical (unpaired) electrons. The molecule has 2 nitrogen and oxygen atoms in total. The van der Waals surface area contributed by atoms with E-state index in [9.17, 15) is 0 Å². The predicted molar refractivity (Wildman–Crippen MR) is 44.5 cm³/mol. The summed E-state index contributed by atoms with van der Waals surface area (Å²) in [6.45, 7) is 4.10. The lowest BCUT2D eigenvalue weighted by molar-refractivity contribution is 0.489. The number of hydrogen-bond donors (Lipinski definition) is 1. The number of anilines is 1. The predicted octanol–water partition coefficient (Wildman–Crippen LogP) is 2.41. The smallest absolute Gasteiger partial charge is 0.129 e. The molecule has 0 aliphatic rings. The zero-order chi connectivity index (χ0) is 6.85. The van der Waals surface area contributed by atoms with Crippen LogP contribution in [0.4, 0.5) is 5.69 Å². The van der Waals surface area contributed by atoms with Crippen molar-refractivity contribution in [2.75, 3.05) is 5.73 Å². The minimum absolute atomic E-state index is 0. The molecule has 0 aliphatic carbocycles. The molecule has 0 bridgehead atoms. The van der Waals surface area contributed by atoms with Gasteiger partial charge in [0.05, 0.1) is 12.0 Å². The molecule has 0 spiro atoms. The molecule has 1 rings (SSSR count). The van der Waals surface area contributed by atoms with Gasteiger partial charge in [-0.15, -0.1) is 12.4 Å². The van der Waals surface area contributed by atoms with Crippen LogP contribution < -0.4 is 5.73 Å². The van der Waals surface area contributed by atoms with Crippen molar-refractivity contribution in [1.82, 2.24) is 0 Å².